The summed E-state index contributed by atoms with van der Waals surface area (Å²) < 4.78 is 4.17. The van der Waals surface area contributed by atoms with Gasteiger partial charge in [-0.2, -0.15) is 0 Å². The number of carbonyl (C=O) groups is 2. The van der Waals surface area contributed by atoms with Crippen molar-refractivity contribution in [3.63, 3.8) is 0 Å². The molecule has 0 atom stereocenters. The average molecular weight is 171 g/mol. The van der Waals surface area contributed by atoms with E-state index in [4.69, 9.17) is 5.11 Å². The summed E-state index contributed by atoms with van der Waals surface area (Å²) in [7, 11) is 0. The largest absolute Gasteiger partial charge is 0.478 e. The molecule has 0 aromatic rings. The van der Waals surface area contributed by atoms with Crippen molar-refractivity contribution in [2.45, 2.75) is 6.42 Å². The molecule has 0 rings (SSSR count). The number of carboxylic acids is 1. The fraction of sp³-hybridized carbons (Fsp3) is 0.143. The van der Waals surface area contributed by atoms with Crippen molar-refractivity contribution in [3.05, 3.63) is 24.5 Å². The SMILES string of the molecule is C=CCC(=COC(N)=O)C(=O)O. The molecule has 0 spiro atoms. The van der Waals surface area contributed by atoms with E-state index in [-0.39, 0.29) is 12.0 Å². The Morgan fingerprint density at radius 3 is 2.50 bits per heavy atom. The van der Waals surface area contributed by atoms with E-state index in [1.165, 1.54) is 6.08 Å². The first-order valence-corrected chi connectivity index (χ1v) is 3.07. The van der Waals surface area contributed by atoms with E-state index in [0.717, 1.165) is 6.26 Å². The van der Waals surface area contributed by atoms with Gasteiger partial charge in [-0.1, -0.05) is 6.08 Å². The number of aliphatic carboxylic acids is 1. The first-order valence-electron chi connectivity index (χ1n) is 3.07. The lowest BCUT2D eigenvalue weighted by Gasteiger charge is -1.96. The Bertz CT molecular complexity index is 232. The van der Waals surface area contributed by atoms with Crippen LogP contribution in [0.25, 0.3) is 0 Å². The van der Waals surface area contributed by atoms with Crippen molar-refractivity contribution < 1.29 is 19.4 Å². The average Bonchev–Trinajstić information content (AvgIpc) is 1.96. The first-order chi connectivity index (χ1) is 5.57. The Balaban J connectivity index is 4.27. The van der Waals surface area contributed by atoms with E-state index < -0.39 is 12.1 Å². The lowest BCUT2D eigenvalue weighted by molar-refractivity contribution is -0.132. The number of primary amides is 1. The summed E-state index contributed by atoms with van der Waals surface area (Å²) in [5.41, 5.74) is 4.53. The molecule has 0 aliphatic carbocycles. The Hall–Kier alpha value is -1.78. The fourth-order valence-electron chi connectivity index (χ4n) is 0.471. The number of carbonyl (C=O) groups excluding carboxylic acids is 1. The molecule has 0 aliphatic rings. The molecule has 1 amide bonds. The van der Waals surface area contributed by atoms with Crippen molar-refractivity contribution in [2.24, 2.45) is 5.73 Å². The van der Waals surface area contributed by atoms with Crippen LogP contribution < -0.4 is 5.73 Å². The van der Waals surface area contributed by atoms with Crippen molar-refractivity contribution in [1.82, 2.24) is 0 Å². The highest BCUT2D eigenvalue weighted by Crippen LogP contribution is 2.01. The van der Waals surface area contributed by atoms with Gasteiger partial charge in [0.2, 0.25) is 0 Å². The number of nitrogens with two attached hydrogens (primary N) is 1. The fourth-order valence-corrected chi connectivity index (χ4v) is 0.471. The second-order valence-corrected chi connectivity index (χ2v) is 1.88. The number of hydrogen-bond acceptors (Lipinski definition) is 3. The molecule has 12 heavy (non-hydrogen) atoms. The molecular formula is C7H9NO4. The van der Waals surface area contributed by atoms with Crippen LogP contribution in [0.15, 0.2) is 24.5 Å². The van der Waals surface area contributed by atoms with Crippen LogP contribution in [0.3, 0.4) is 0 Å². The zero-order chi connectivity index (χ0) is 9.56. The Kier molecular flexibility index (Phi) is 4.21. The summed E-state index contributed by atoms with van der Waals surface area (Å²) in [4.78, 5) is 20.4. The van der Waals surface area contributed by atoms with Gasteiger partial charge in [-0.15, -0.1) is 6.58 Å². The molecule has 0 radical (unpaired) electrons. The molecule has 0 fully saturated rings. The monoisotopic (exact) mass is 171 g/mol. The Morgan fingerprint density at radius 2 is 2.17 bits per heavy atom. The predicted molar refractivity (Wildman–Crippen MR) is 41.2 cm³/mol. The minimum Gasteiger partial charge on any atom is -0.478 e. The highest BCUT2D eigenvalue weighted by Gasteiger charge is 2.05. The van der Waals surface area contributed by atoms with Crippen molar-refractivity contribution in [3.8, 4) is 0 Å². The molecule has 3 N–H and O–H groups in total. The second kappa shape index (κ2) is 4.95. The minimum atomic E-state index is -1.17. The van der Waals surface area contributed by atoms with Crippen LogP contribution in [0.4, 0.5) is 4.79 Å². The summed E-state index contributed by atoms with van der Waals surface area (Å²) >= 11 is 0. The molecule has 0 saturated carbocycles. The van der Waals surface area contributed by atoms with E-state index in [9.17, 15) is 9.59 Å². The molecule has 0 saturated heterocycles. The minimum absolute atomic E-state index is 0.0798. The zero-order valence-corrected chi connectivity index (χ0v) is 6.32. The summed E-state index contributed by atoms with van der Waals surface area (Å²) in [6.45, 7) is 3.33. The third kappa shape index (κ3) is 4.10. The predicted octanol–water partition coefficient (Wildman–Crippen LogP) is 0.626. The number of ether oxygens (including phenoxy) is 1. The summed E-state index contributed by atoms with van der Waals surface area (Å²) in [5.74, 6) is -1.17. The zero-order valence-electron chi connectivity index (χ0n) is 6.32. The van der Waals surface area contributed by atoms with Crippen LogP contribution in [0.2, 0.25) is 0 Å². The molecule has 0 aliphatic heterocycles. The molecule has 0 aromatic carbocycles. The molecular weight excluding hydrogens is 162 g/mol. The van der Waals surface area contributed by atoms with E-state index in [2.05, 4.69) is 17.0 Å². The smallest absolute Gasteiger partial charge is 0.409 e. The van der Waals surface area contributed by atoms with Crippen LogP contribution in [0, 0.1) is 0 Å². The third-order valence-electron chi connectivity index (χ3n) is 0.956. The topological polar surface area (TPSA) is 89.6 Å². The van der Waals surface area contributed by atoms with Crippen LogP contribution in [-0.4, -0.2) is 17.2 Å². The summed E-state index contributed by atoms with van der Waals surface area (Å²) in [6, 6.07) is 0. The number of allylic oxidation sites excluding steroid dienone is 1. The highest BCUT2D eigenvalue weighted by molar-refractivity contribution is 5.86. The van der Waals surface area contributed by atoms with Crippen molar-refractivity contribution >= 4 is 12.1 Å². The Morgan fingerprint density at radius 1 is 1.58 bits per heavy atom. The lowest BCUT2D eigenvalue weighted by atomic mass is 10.2. The van der Waals surface area contributed by atoms with Gasteiger partial charge in [0, 0.05) is 6.42 Å². The van der Waals surface area contributed by atoms with E-state index in [1.54, 1.807) is 0 Å². The van der Waals surface area contributed by atoms with Crippen molar-refractivity contribution in [1.29, 1.82) is 0 Å². The van der Waals surface area contributed by atoms with Crippen LogP contribution >= 0.6 is 0 Å². The summed E-state index contributed by atoms with van der Waals surface area (Å²) in [6.07, 6.45) is 1.25. The molecule has 5 nitrogen and oxygen atoms in total. The Labute approximate surface area is 69.1 Å². The van der Waals surface area contributed by atoms with Crippen LogP contribution in [-0.2, 0) is 9.53 Å². The number of rotatable bonds is 4. The second-order valence-electron chi connectivity index (χ2n) is 1.88. The van der Waals surface area contributed by atoms with Crippen LogP contribution in [0.5, 0.6) is 0 Å². The van der Waals surface area contributed by atoms with Gasteiger partial charge in [0.1, 0.15) is 6.26 Å². The maximum atomic E-state index is 10.4. The first kappa shape index (κ1) is 10.2. The van der Waals surface area contributed by atoms with Gasteiger partial charge in [0.15, 0.2) is 0 Å². The highest BCUT2D eigenvalue weighted by atomic mass is 16.5. The van der Waals surface area contributed by atoms with Gasteiger partial charge >= 0.3 is 12.1 Å². The number of carboxylic acid groups (broad SMARTS) is 1. The normalized spacial score (nSPS) is 10.5. The molecule has 0 bridgehead atoms. The summed E-state index contributed by atoms with van der Waals surface area (Å²) in [5, 5.41) is 8.47. The molecule has 0 heterocycles. The van der Waals surface area contributed by atoms with Gasteiger partial charge in [-0.25, -0.2) is 9.59 Å². The quantitative estimate of drug-likeness (QED) is 0.368. The standard InChI is InChI=1S/C7H9NO4/c1-2-3-5(6(9)10)4-12-7(8)11/h2,4H,1,3H2,(H2,8,11)(H,9,10). The third-order valence-corrected chi connectivity index (χ3v) is 0.956. The van der Waals surface area contributed by atoms with Gasteiger partial charge < -0.3 is 15.6 Å². The maximum absolute atomic E-state index is 10.4. The lowest BCUT2D eigenvalue weighted by Crippen LogP contribution is -2.11. The van der Waals surface area contributed by atoms with E-state index in [0.29, 0.717) is 0 Å². The molecule has 5 heteroatoms. The van der Waals surface area contributed by atoms with Crippen LogP contribution in [0.1, 0.15) is 6.42 Å². The number of hydrogen-bond donors (Lipinski definition) is 2. The maximum Gasteiger partial charge on any atom is 0.409 e. The van der Waals surface area contributed by atoms with Gasteiger partial charge in [0.25, 0.3) is 0 Å². The molecule has 66 valence electrons. The van der Waals surface area contributed by atoms with Crippen molar-refractivity contribution in [2.75, 3.05) is 0 Å². The van der Waals surface area contributed by atoms with E-state index >= 15 is 0 Å². The van der Waals surface area contributed by atoms with Gasteiger partial charge in [0.05, 0.1) is 5.57 Å². The molecule has 0 aromatic heterocycles. The van der Waals surface area contributed by atoms with Gasteiger partial charge in [-0.3, -0.25) is 0 Å². The van der Waals surface area contributed by atoms with E-state index in [1.807, 2.05) is 0 Å². The van der Waals surface area contributed by atoms with Gasteiger partial charge in [-0.05, 0) is 0 Å². The molecule has 0 unspecified atom stereocenters. The number of amides is 1.